The Hall–Kier alpha value is -2.61. The van der Waals surface area contributed by atoms with Crippen molar-refractivity contribution < 1.29 is 31.2 Å². The number of benzene rings is 1. The van der Waals surface area contributed by atoms with E-state index in [1.54, 1.807) is 6.92 Å². The van der Waals surface area contributed by atoms with Gasteiger partial charge in [0.25, 0.3) is 0 Å². The number of carbonyl (C=O) groups excluding carboxylic acids is 2. The lowest BCUT2D eigenvalue weighted by molar-refractivity contribution is -0.142. The van der Waals surface area contributed by atoms with E-state index >= 15 is 0 Å². The van der Waals surface area contributed by atoms with Crippen molar-refractivity contribution in [3.63, 3.8) is 0 Å². The van der Waals surface area contributed by atoms with Gasteiger partial charge in [-0.2, -0.15) is 18.4 Å². The molecule has 3 aliphatic rings. The highest BCUT2D eigenvalue weighted by atomic mass is 32.2. The lowest BCUT2D eigenvalue weighted by Gasteiger charge is -2.27. The Labute approximate surface area is 183 Å². The first-order valence-corrected chi connectivity index (χ1v) is 11.8. The quantitative estimate of drug-likeness (QED) is 0.713. The summed E-state index contributed by atoms with van der Waals surface area (Å²) >= 11 is 0. The molecule has 1 N–H and O–H groups in total. The second kappa shape index (κ2) is 7.20. The largest absolute Gasteiger partial charge is 0.417 e. The zero-order valence-electron chi connectivity index (χ0n) is 17.3. The van der Waals surface area contributed by atoms with Crippen molar-refractivity contribution in [2.45, 2.75) is 66.9 Å². The van der Waals surface area contributed by atoms with Crippen molar-refractivity contribution in [1.29, 1.82) is 5.26 Å². The van der Waals surface area contributed by atoms with Crippen molar-refractivity contribution in [1.82, 2.24) is 10.2 Å². The summed E-state index contributed by atoms with van der Waals surface area (Å²) in [6, 6.07) is 4.75. The first-order valence-electron chi connectivity index (χ1n) is 10.3. The monoisotopic (exact) mass is 469 g/mol. The Bertz CT molecular complexity index is 1120. The van der Waals surface area contributed by atoms with Gasteiger partial charge in [0.1, 0.15) is 11.6 Å². The summed E-state index contributed by atoms with van der Waals surface area (Å²) in [6.45, 7) is 1.34. The molecular formula is C21H22F3N3O4S. The molecule has 2 atom stereocenters. The Morgan fingerprint density at radius 2 is 1.81 bits per heavy atom. The van der Waals surface area contributed by atoms with Crippen LogP contribution in [-0.2, 0) is 25.6 Å². The van der Waals surface area contributed by atoms with E-state index in [0.29, 0.717) is 31.7 Å². The molecule has 4 rings (SSSR count). The average Bonchev–Trinajstić information content (AvgIpc) is 3.63. The van der Waals surface area contributed by atoms with Gasteiger partial charge in [0.2, 0.25) is 11.8 Å². The molecule has 1 aromatic rings. The number of hydrogen-bond donors (Lipinski definition) is 1. The summed E-state index contributed by atoms with van der Waals surface area (Å²) in [6.07, 6.45) is -3.12. The second-order valence-corrected chi connectivity index (χ2v) is 11.3. The molecule has 1 heterocycles. The Morgan fingerprint density at radius 3 is 2.34 bits per heavy atom. The number of hydrogen-bond acceptors (Lipinski definition) is 5. The van der Waals surface area contributed by atoms with Gasteiger partial charge in [0, 0.05) is 12.0 Å². The van der Waals surface area contributed by atoms with E-state index in [0.717, 1.165) is 12.1 Å². The van der Waals surface area contributed by atoms with Crippen LogP contribution < -0.4 is 5.32 Å². The van der Waals surface area contributed by atoms with Crippen molar-refractivity contribution in [2.75, 3.05) is 6.54 Å². The number of nitrogens with one attached hydrogen (secondary N) is 1. The van der Waals surface area contributed by atoms with Gasteiger partial charge in [-0.05, 0) is 44.2 Å². The van der Waals surface area contributed by atoms with Gasteiger partial charge in [-0.25, -0.2) is 8.42 Å². The number of sulfone groups is 1. The summed E-state index contributed by atoms with van der Waals surface area (Å²) in [5, 5.41) is 10.5. The number of nitrogens with zero attached hydrogens (tertiary/aromatic N) is 2. The van der Waals surface area contributed by atoms with Crippen LogP contribution >= 0.6 is 0 Å². The summed E-state index contributed by atoms with van der Waals surface area (Å²) in [7, 11) is -4.50. The van der Waals surface area contributed by atoms with E-state index in [-0.39, 0.29) is 18.9 Å². The molecule has 11 heteroatoms. The van der Waals surface area contributed by atoms with Gasteiger partial charge in [-0.15, -0.1) is 0 Å². The van der Waals surface area contributed by atoms with Crippen LogP contribution in [-0.4, -0.2) is 48.5 Å². The van der Waals surface area contributed by atoms with E-state index in [2.05, 4.69) is 5.32 Å². The molecule has 0 radical (unpaired) electrons. The number of carbonyl (C=O) groups is 2. The third kappa shape index (κ3) is 3.85. The highest BCUT2D eigenvalue weighted by Gasteiger charge is 2.55. The third-order valence-electron chi connectivity index (χ3n) is 6.61. The minimum Gasteiger partial charge on any atom is -0.336 e. The van der Waals surface area contributed by atoms with Gasteiger partial charge < -0.3 is 10.2 Å². The van der Waals surface area contributed by atoms with Gasteiger partial charge in [0.15, 0.2) is 9.84 Å². The second-order valence-electron chi connectivity index (χ2n) is 9.11. The first-order chi connectivity index (χ1) is 14.8. The normalized spacial score (nSPS) is 25.7. The smallest absolute Gasteiger partial charge is 0.336 e. The van der Waals surface area contributed by atoms with Crippen LogP contribution in [0.1, 0.15) is 44.6 Å². The summed E-state index contributed by atoms with van der Waals surface area (Å²) in [5.41, 5.74) is -3.00. The molecule has 2 saturated carbocycles. The number of amides is 2. The van der Waals surface area contributed by atoms with Gasteiger partial charge in [0.05, 0.1) is 21.8 Å². The van der Waals surface area contributed by atoms with E-state index in [1.807, 2.05) is 6.07 Å². The molecule has 1 saturated heterocycles. The molecule has 1 aromatic carbocycles. The fourth-order valence-corrected chi connectivity index (χ4v) is 5.99. The molecule has 32 heavy (non-hydrogen) atoms. The highest BCUT2D eigenvalue weighted by molar-refractivity contribution is 7.92. The number of rotatable bonds is 5. The van der Waals surface area contributed by atoms with Crippen LogP contribution in [0.4, 0.5) is 13.2 Å². The Balaban J connectivity index is 1.67. The molecular weight excluding hydrogens is 447 g/mol. The molecule has 2 unspecified atom stereocenters. The molecule has 2 amide bonds. The predicted molar refractivity (Wildman–Crippen MR) is 106 cm³/mol. The summed E-state index contributed by atoms with van der Waals surface area (Å²) in [5.74, 6) is -1.04. The number of alkyl halides is 3. The van der Waals surface area contributed by atoms with Crippen molar-refractivity contribution in [3.8, 4) is 6.07 Å². The zero-order chi connectivity index (χ0) is 23.5. The van der Waals surface area contributed by atoms with Crippen molar-refractivity contribution in [3.05, 3.63) is 29.8 Å². The SMILES string of the molecule is CC1(C(=O)N2CC(S(=O)(=O)c3ccccc3C(F)(F)F)CC2C(=O)NC2(C#N)CC2)CC1. The summed E-state index contributed by atoms with van der Waals surface area (Å²) in [4.78, 5) is 26.3. The maximum Gasteiger partial charge on any atom is 0.417 e. The molecule has 7 nitrogen and oxygen atoms in total. The minimum atomic E-state index is -4.87. The predicted octanol–water partition coefficient (Wildman–Crippen LogP) is 2.42. The van der Waals surface area contributed by atoms with Crippen molar-refractivity contribution in [2.24, 2.45) is 5.41 Å². The van der Waals surface area contributed by atoms with Gasteiger partial charge >= 0.3 is 6.18 Å². The summed E-state index contributed by atoms with van der Waals surface area (Å²) < 4.78 is 66.8. The highest BCUT2D eigenvalue weighted by Crippen LogP contribution is 2.48. The van der Waals surface area contributed by atoms with Crippen molar-refractivity contribution >= 4 is 21.7 Å². The lowest BCUT2D eigenvalue weighted by atomic mass is 10.1. The van der Waals surface area contributed by atoms with E-state index in [9.17, 15) is 36.4 Å². The molecule has 3 fully saturated rings. The first kappa shape index (κ1) is 22.6. The maximum atomic E-state index is 13.4. The number of halogens is 3. The molecule has 1 aliphatic heterocycles. The van der Waals surface area contributed by atoms with Crippen LogP contribution in [0.2, 0.25) is 0 Å². The van der Waals surface area contributed by atoms with Gasteiger partial charge in [-0.1, -0.05) is 19.1 Å². The van der Waals surface area contributed by atoms with Crippen LogP contribution in [0.5, 0.6) is 0 Å². The van der Waals surface area contributed by atoms with E-state index in [1.165, 1.54) is 11.0 Å². The lowest BCUT2D eigenvalue weighted by Crippen LogP contribution is -2.50. The average molecular weight is 469 g/mol. The van der Waals surface area contributed by atoms with Gasteiger partial charge in [-0.3, -0.25) is 9.59 Å². The van der Waals surface area contributed by atoms with E-state index < -0.39 is 54.6 Å². The van der Waals surface area contributed by atoms with Crippen LogP contribution in [0.3, 0.4) is 0 Å². The van der Waals surface area contributed by atoms with Crippen LogP contribution in [0.15, 0.2) is 29.2 Å². The zero-order valence-corrected chi connectivity index (χ0v) is 18.1. The van der Waals surface area contributed by atoms with Crippen LogP contribution in [0.25, 0.3) is 0 Å². The Kier molecular flexibility index (Phi) is 5.08. The molecule has 2 aliphatic carbocycles. The fourth-order valence-electron chi connectivity index (χ4n) is 4.08. The third-order valence-corrected chi connectivity index (χ3v) is 8.80. The fraction of sp³-hybridized carbons (Fsp3) is 0.571. The topological polar surface area (TPSA) is 107 Å². The Morgan fingerprint density at radius 1 is 1.19 bits per heavy atom. The molecule has 0 spiro atoms. The maximum absolute atomic E-state index is 13.4. The standard InChI is InChI=1S/C21H22F3N3O4S/c1-19(6-7-19)18(29)27-11-13(10-15(27)17(28)26-20(12-25)8-9-20)32(30,31)16-5-3-2-4-14(16)21(22,23)24/h2-5,13,15H,6-11H2,1H3,(H,26,28). The van der Waals surface area contributed by atoms with Crippen LogP contribution in [0, 0.1) is 16.7 Å². The number of nitriles is 1. The molecule has 0 aromatic heterocycles. The molecule has 0 bridgehead atoms. The molecule has 172 valence electrons. The van der Waals surface area contributed by atoms with E-state index in [4.69, 9.17) is 0 Å². The number of likely N-dealkylation sites (tertiary alicyclic amines) is 1. The minimum absolute atomic E-state index is 0.330.